The molecule has 0 aromatic rings. The van der Waals surface area contributed by atoms with Gasteiger partial charge < -0.3 is 0 Å². The van der Waals surface area contributed by atoms with Crippen molar-refractivity contribution in [2.45, 2.75) is 33.1 Å². The minimum atomic E-state index is 0. The maximum atomic E-state index is 2.21. The summed E-state index contributed by atoms with van der Waals surface area (Å²) in [7, 11) is 0. The van der Waals surface area contributed by atoms with Gasteiger partial charge in [-0.25, -0.2) is 0 Å². The van der Waals surface area contributed by atoms with E-state index < -0.39 is 0 Å². The molecule has 37 valence electrons. The Morgan fingerprint density at radius 3 is 1.33 bits per heavy atom. The predicted octanol–water partition coefficient (Wildman–Crippen LogP) is 2.40. The number of rotatable bonds is 2. The van der Waals surface area contributed by atoms with E-state index in [0.717, 1.165) is 0 Å². The van der Waals surface area contributed by atoms with Crippen molar-refractivity contribution in [2.75, 3.05) is 0 Å². The fourth-order valence-corrected chi connectivity index (χ4v) is 0.354. The van der Waals surface area contributed by atoms with Crippen LogP contribution in [0.4, 0.5) is 0 Å². The molecule has 0 spiro atoms. The fraction of sp³-hybridized carbons (Fsp3) is 0.833. The molecule has 0 saturated carbocycles. The van der Waals surface area contributed by atoms with Crippen molar-refractivity contribution >= 4 is 0 Å². The van der Waals surface area contributed by atoms with Crippen LogP contribution in [0.1, 0.15) is 33.1 Å². The summed E-state index contributed by atoms with van der Waals surface area (Å²) < 4.78 is 0. The molecule has 0 bridgehead atoms. The maximum absolute atomic E-state index is 2.21. The van der Waals surface area contributed by atoms with Gasteiger partial charge in [0.1, 0.15) is 0 Å². The summed E-state index contributed by atoms with van der Waals surface area (Å²) in [5.41, 5.74) is 0. The smallest absolute Gasteiger partial charge is 0.0312 e. The van der Waals surface area contributed by atoms with Gasteiger partial charge >= 0.3 is 0 Å². The molecule has 0 unspecified atom stereocenters. The first-order valence-corrected chi connectivity index (χ1v) is 2.41. The summed E-state index contributed by atoms with van der Waals surface area (Å²) in [5.74, 6) is 0. The van der Waals surface area contributed by atoms with Gasteiger partial charge in [0.2, 0.25) is 0 Å². The summed E-state index contributed by atoms with van der Waals surface area (Å²) in [5, 5.41) is 0. The fourth-order valence-electron chi connectivity index (χ4n) is 0.354. The van der Waals surface area contributed by atoms with Crippen molar-refractivity contribution < 1.29 is 0 Å². The van der Waals surface area contributed by atoms with E-state index in [9.17, 15) is 0 Å². The van der Waals surface area contributed by atoms with E-state index in [0.29, 0.717) is 0 Å². The van der Waals surface area contributed by atoms with Gasteiger partial charge in [0, 0.05) is 0 Å². The van der Waals surface area contributed by atoms with Crippen LogP contribution >= 0.6 is 0 Å². The van der Waals surface area contributed by atoms with Gasteiger partial charge in [-0.3, -0.25) is 0 Å². The van der Waals surface area contributed by atoms with Gasteiger partial charge in [0.05, 0.1) is 0 Å². The Morgan fingerprint density at radius 1 is 1.00 bits per heavy atom. The molecule has 0 rings (SSSR count). The summed E-state index contributed by atoms with van der Waals surface area (Å²) >= 11 is 0. The first-order chi connectivity index (χ1) is 2.41. The molecule has 0 heterocycles. The van der Waals surface area contributed by atoms with Gasteiger partial charge in [-0.05, 0) is 7.43 Å². The largest absolute Gasteiger partial charge is 0.0654 e. The lowest BCUT2D eigenvalue weighted by Gasteiger charge is -1.79. The first kappa shape index (κ1) is 9.38. The second kappa shape index (κ2) is 8.89. The molecule has 0 heteroatoms. The number of hydrogen-bond acceptors (Lipinski definition) is 0. The minimum absolute atomic E-state index is 0. The van der Waals surface area contributed by atoms with E-state index in [1.54, 1.807) is 0 Å². The van der Waals surface area contributed by atoms with Crippen LogP contribution in [0.3, 0.4) is 0 Å². The molecule has 0 aromatic carbocycles. The second-order valence-corrected chi connectivity index (χ2v) is 1.35. The van der Waals surface area contributed by atoms with Crippen LogP contribution in [-0.2, 0) is 0 Å². The summed E-state index contributed by atoms with van der Waals surface area (Å²) in [6, 6.07) is 0. The van der Waals surface area contributed by atoms with Crippen molar-refractivity contribution in [3.8, 4) is 0 Å². The molecule has 0 N–H and O–H groups in total. The molecule has 0 aliphatic carbocycles. The number of unbranched alkanes of at least 4 members (excludes halogenated alkanes) is 2. The molecule has 0 fully saturated rings. The van der Waals surface area contributed by atoms with Crippen LogP contribution in [0.5, 0.6) is 0 Å². The molecule has 3 radical (unpaired) electrons. The summed E-state index contributed by atoms with van der Waals surface area (Å²) in [6.07, 6.45) is 4.08. The van der Waals surface area contributed by atoms with Crippen LogP contribution in [-0.4, -0.2) is 0 Å². The third-order valence-electron chi connectivity index (χ3n) is 0.707. The van der Waals surface area contributed by atoms with E-state index in [1.807, 2.05) is 0 Å². The first-order valence-electron chi connectivity index (χ1n) is 2.41. The quantitative estimate of drug-likeness (QED) is 0.483. The Kier molecular flexibility index (Phi) is 13.9. The molecular weight excluding hydrogens is 72.1 g/mol. The van der Waals surface area contributed by atoms with Crippen molar-refractivity contribution in [3.05, 3.63) is 7.43 Å². The topological polar surface area (TPSA) is 0 Å². The SMILES string of the molecule is CCCCC.[CH]. The van der Waals surface area contributed by atoms with Crippen LogP contribution < -0.4 is 0 Å². The zero-order valence-electron chi connectivity index (χ0n) is 4.70. The maximum Gasteiger partial charge on any atom is -0.0312 e. The van der Waals surface area contributed by atoms with Crippen molar-refractivity contribution in [1.29, 1.82) is 0 Å². The highest BCUT2D eigenvalue weighted by Crippen LogP contribution is 1.88. The van der Waals surface area contributed by atoms with Gasteiger partial charge in [-0.1, -0.05) is 33.1 Å². The standard InChI is InChI=1S/C5H12.CH/c1-3-5-4-2;/h3-5H2,1-2H3;1H. The molecule has 6 heavy (non-hydrogen) atoms. The van der Waals surface area contributed by atoms with Crippen molar-refractivity contribution in [1.82, 2.24) is 0 Å². The van der Waals surface area contributed by atoms with E-state index in [2.05, 4.69) is 13.8 Å². The van der Waals surface area contributed by atoms with Gasteiger partial charge in [0.25, 0.3) is 0 Å². The Hall–Kier alpha value is 0. The van der Waals surface area contributed by atoms with Gasteiger partial charge in [0.15, 0.2) is 0 Å². The number of hydrogen-bond donors (Lipinski definition) is 0. The molecule has 0 saturated heterocycles. The third-order valence-corrected chi connectivity index (χ3v) is 0.707. The van der Waals surface area contributed by atoms with Gasteiger partial charge in [-0.15, -0.1) is 0 Å². The minimum Gasteiger partial charge on any atom is -0.0654 e. The Labute approximate surface area is 41.6 Å². The van der Waals surface area contributed by atoms with Gasteiger partial charge in [-0.2, -0.15) is 0 Å². The Balaban J connectivity index is 0. The molecule has 0 aromatic heterocycles. The molecule has 0 atom stereocenters. The Bertz CT molecular complexity index is 7.51. The van der Waals surface area contributed by atoms with Crippen molar-refractivity contribution in [2.24, 2.45) is 0 Å². The van der Waals surface area contributed by atoms with Crippen LogP contribution in [0.15, 0.2) is 0 Å². The molecular formula is C6H13. The van der Waals surface area contributed by atoms with Crippen LogP contribution in [0.2, 0.25) is 0 Å². The highest BCUT2D eigenvalue weighted by Gasteiger charge is 1.68. The molecule has 0 nitrogen and oxygen atoms in total. The lowest BCUT2D eigenvalue weighted by atomic mass is 10.3. The normalized spacial score (nSPS) is 7.00. The lowest BCUT2D eigenvalue weighted by molar-refractivity contribution is 0.772. The van der Waals surface area contributed by atoms with E-state index >= 15 is 0 Å². The van der Waals surface area contributed by atoms with E-state index in [-0.39, 0.29) is 7.43 Å². The summed E-state index contributed by atoms with van der Waals surface area (Å²) in [4.78, 5) is 0. The molecule has 0 aliphatic rings. The van der Waals surface area contributed by atoms with Crippen LogP contribution in [0.25, 0.3) is 0 Å². The third kappa shape index (κ3) is 9.00. The zero-order valence-corrected chi connectivity index (χ0v) is 4.70. The van der Waals surface area contributed by atoms with Crippen LogP contribution in [0, 0.1) is 7.43 Å². The second-order valence-electron chi connectivity index (χ2n) is 1.35. The highest BCUT2D eigenvalue weighted by molar-refractivity contribution is 4.24. The van der Waals surface area contributed by atoms with E-state index in [4.69, 9.17) is 0 Å². The summed E-state index contributed by atoms with van der Waals surface area (Å²) in [6.45, 7) is 4.42. The van der Waals surface area contributed by atoms with Crippen molar-refractivity contribution in [3.63, 3.8) is 0 Å². The predicted molar refractivity (Wildman–Crippen MR) is 29.5 cm³/mol. The Morgan fingerprint density at radius 2 is 1.33 bits per heavy atom. The highest BCUT2D eigenvalue weighted by atomic mass is 13.7. The zero-order chi connectivity index (χ0) is 4.12. The lowest BCUT2D eigenvalue weighted by Crippen LogP contribution is -1.59. The van der Waals surface area contributed by atoms with E-state index in [1.165, 1.54) is 19.3 Å². The monoisotopic (exact) mass is 85.1 g/mol. The average molecular weight is 85.2 g/mol. The molecule has 0 aliphatic heterocycles. The molecule has 0 amide bonds. The average Bonchev–Trinajstić information content (AvgIpc) is 1.41.